The number of amides is 1. The Hall–Kier alpha value is -2.10. The van der Waals surface area contributed by atoms with E-state index in [9.17, 15) is 4.79 Å². The molecule has 0 saturated carbocycles. The molecule has 1 saturated heterocycles. The van der Waals surface area contributed by atoms with Crippen molar-refractivity contribution in [3.05, 3.63) is 36.4 Å². The second kappa shape index (κ2) is 6.34. The number of pyridine rings is 1. The van der Waals surface area contributed by atoms with Gasteiger partial charge in [0, 0.05) is 30.4 Å². The molecule has 0 spiro atoms. The van der Waals surface area contributed by atoms with Crippen LogP contribution >= 0.6 is 0 Å². The molecule has 1 unspecified atom stereocenters. The maximum atomic E-state index is 11.9. The van der Waals surface area contributed by atoms with Crippen molar-refractivity contribution in [2.24, 2.45) is 5.92 Å². The highest BCUT2D eigenvalue weighted by atomic mass is 16.1. The van der Waals surface area contributed by atoms with Crippen LogP contribution in [0.1, 0.15) is 26.7 Å². The third kappa shape index (κ3) is 3.21. The van der Waals surface area contributed by atoms with E-state index < -0.39 is 0 Å². The van der Waals surface area contributed by atoms with E-state index in [1.807, 2.05) is 32.0 Å². The first-order valence-corrected chi connectivity index (χ1v) is 8.04. The zero-order valence-corrected chi connectivity index (χ0v) is 13.2. The highest BCUT2D eigenvalue weighted by molar-refractivity contribution is 5.80. The van der Waals surface area contributed by atoms with E-state index >= 15 is 0 Å². The fourth-order valence-corrected chi connectivity index (χ4v) is 2.90. The molecule has 1 atom stereocenters. The van der Waals surface area contributed by atoms with Crippen molar-refractivity contribution in [3.8, 4) is 0 Å². The zero-order valence-electron chi connectivity index (χ0n) is 13.2. The lowest BCUT2D eigenvalue weighted by molar-refractivity contribution is -0.124. The van der Waals surface area contributed by atoms with Crippen molar-refractivity contribution < 1.29 is 4.79 Å². The molecule has 3 rings (SSSR count). The number of nitrogens with one attached hydrogen (secondary N) is 1. The summed E-state index contributed by atoms with van der Waals surface area (Å²) in [6.07, 6.45) is 2.13. The molecule has 1 aromatic carbocycles. The summed E-state index contributed by atoms with van der Waals surface area (Å²) >= 11 is 0. The van der Waals surface area contributed by atoms with Gasteiger partial charge in [-0.05, 0) is 31.0 Å². The summed E-state index contributed by atoms with van der Waals surface area (Å²) in [4.78, 5) is 18.9. The van der Waals surface area contributed by atoms with Gasteiger partial charge < -0.3 is 10.2 Å². The second-order valence-corrected chi connectivity index (χ2v) is 6.31. The van der Waals surface area contributed by atoms with Crippen LogP contribution < -0.4 is 10.2 Å². The van der Waals surface area contributed by atoms with Crippen LogP contribution in [0.4, 0.5) is 5.82 Å². The molecule has 0 radical (unpaired) electrons. The number of anilines is 1. The van der Waals surface area contributed by atoms with Gasteiger partial charge in [0.25, 0.3) is 0 Å². The van der Waals surface area contributed by atoms with Crippen molar-refractivity contribution in [2.75, 3.05) is 18.0 Å². The van der Waals surface area contributed by atoms with Gasteiger partial charge in [-0.2, -0.15) is 0 Å². The topological polar surface area (TPSA) is 45.2 Å². The Morgan fingerprint density at radius 1 is 1.27 bits per heavy atom. The van der Waals surface area contributed by atoms with Crippen LogP contribution in [-0.2, 0) is 4.79 Å². The smallest absolute Gasteiger partial charge is 0.222 e. The molecule has 4 nitrogen and oxygen atoms in total. The molecule has 4 heteroatoms. The van der Waals surface area contributed by atoms with Crippen LogP contribution in [0.5, 0.6) is 0 Å². The van der Waals surface area contributed by atoms with Gasteiger partial charge in [0.2, 0.25) is 5.91 Å². The van der Waals surface area contributed by atoms with Crippen LogP contribution in [0, 0.1) is 5.92 Å². The molecule has 2 aromatic rings. The summed E-state index contributed by atoms with van der Waals surface area (Å²) in [5, 5.41) is 4.31. The predicted octanol–water partition coefficient (Wildman–Crippen LogP) is 2.98. The van der Waals surface area contributed by atoms with Gasteiger partial charge in [0.15, 0.2) is 0 Å². The highest BCUT2D eigenvalue weighted by Gasteiger charge is 2.23. The van der Waals surface area contributed by atoms with Gasteiger partial charge in [-0.15, -0.1) is 0 Å². The SMILES string of the molecule is CC(C)C(=O)NC1CCCN(c2ccc3ccccc3n2)C1. The average Bonchev–Trinajstić information content (AvgIpc) is 2.54. The van der Waals surface area contributed by atoms with Gasteiger partial charge in [0.1, 0.15) is 5.82 Å². The van der Waals surface area contributed by atoms with Gasteiger partial charge in [-0.1, -0.05) is 32.0 Å². The lowest BCUT2D eigenvalue weighted by atomic mass is 10.0. The molecule has 0 aliphatic carbocycles. The fraction of sp³-hybridized carbons (Fsp3) is 0.444. The maximum Gasteiger partial charge on any atom is 0.222 e. The summed E-state index contributed by atoms with van der Waals surface area (Å²) in [6, 6.07) is 12.6. The Labute approximate surface area is 131 Å². The largest absolute Gasteiger partial charge is 0.355 e. The molecular weight excluding hydrogens is 274 g/mol. The summed E-state index contributed by atoms with van der Waals surface area (Å²) in [5.74, 6) is 1.18. The Kier molecular flexibility index (Phi) is 4.27. The van der Waals surface area contributed by atoms with Crippen molar-refractivity contribution in [2.45, 2.75) is 32.7 Å². The monoisotopic (exact) mass is 297 g/mol. The number of piperidine rings is 1. The van der Waals surface area contributed by atoms with E-state index in [1.165, 1.54) is 0 Å². The lowest BCUT2D eigenvalue weighted by Gasteiger charge is -2.34. The van der Waals surface area contributed by atoms with Gasteiger partial charge in [-0.25, -0.2) is 4.98 Å². The number of para-hydroxylation sites is 1. The van der Waals surface area contributed by atoms with Gasteiger partial charge in [-0.3, -0.25) is 4.79 Å². The van der Waals surface area contributed by atoms with E-state index in [4.69, 9.17) is 4.98 Å². The van der Waals surface area contributed by atoms with Gasteiger partial charge in [0.05, 0.1) is 5.52 Å². The summed E-state index contributed by atoms with van der Waals surface area (Å²) in [6.45, 7) is 5.70. The number of hydrogen-bond acceptors (Lipinski definition) is 3. The molecule has 1 fully saturated rings. The number of carbonyl (C=O) groups is 1. The molecule has 1 aliphatic heterocycles. The average molecular weight is 297 g/mol. The molecule has 22 heavy (non-hydrogen) atoms. The van der Waals surface area contributed by atoms with Crippen molar-refractivity contribution >= 4 is 22.6 Å². The quantitative estimate of drug-likeness (QED) is 0.947. The van der Waals surface area contributed by atoms with Crippen molar-refractivity contribution in [3.63, 3.8) is 0 Å². The summed E-state index contributed by atoms with van der Waals surface area (Å²) in [5.41, 5.74) is 1.02. The maximum absolute atomic E-state index is 11.9. The van der Waals surface area contributed by atoms with E-state index in [2.05, 4.69) is 28.4 Å². The molecule has 116 valence electrons. The summed E-state index contributed by atoms with van der Waals surface area (Å²) in [7, 11) is 0. The van der Waals surface area contributed by atoms with Crippen molar-refractivity contribution in [1.82, 2.24) is 10.3 Å². The fourth-order valence-electron chi connectivity index (χ4n) is 2.90. The number of benzene rings is 1. The first kappa shape index (κ1) is 14.8. The molecule has 2 heterocycles. The second-order valence-electron chi connectivity index (χ2n) is 6.31. The number of aromatic nitrogens is 1. The van der Waals surface area contributed by atoms with E-state index in [0.29, 0.717) is 0 Å². The Balaban J connectivity index is 1.74. The molecular formula is C18H23N3O. The van der Waals surface area contributed by atoms with Crippen LogP contribution in [0.25, 0.3) is 10.9 Å². The standard InChI is InChI=1S/C18H23N3O/c1-13(2)18(22)19-15-7-5-11-21(12-15)17-10-9-14-6-3-4-8-16(14)20-17/h3-4,6,8-10,13,15H,5,7,11-12H2,1-2H3,(H,19,22). The van der Waals surface area contributed by atoms with Crippen LogP contribution in [-0.4, -0.2) is 30.0 Å². The zero-order chi connectivity index (χ0) is 15.5. The molecule has 0 bridgehead atoms. The molecule has 1 aromatic heterocycles. The van der Waals surface area contributed by atoms with E-state index in [-0.39, 0.29) is 17.9 Å². The Morgan fingerprint density at radius 3 is 2.91 bits per heavy atom. The van der Waals surface area contributed by atoms with Crippen molar-refractivity contribution in [1.29, 1.82) is 0 Å². The predicted molar refractivity (Wildman–Crippen MR) is 90.0 cm³/mol. The third-order valence-corrected chi connectivity index (χ3v) is 4.20. The summed E-state index contributed by atoms with van der Waals surface area (Å²) < 4.78 is 0. The number of nitrogens with zero attached hydrogens (tertiary/aromatic N) is 2. The normalized spacial score (nSPS) is 18.7. The van der Waals surface area contributed by atoms with Crippen LogP contribution in [0.15, 0.2) is 36.4 Å². The van der Waals surface area contributed by atoms with Crippen LogP contribution in [0.3, 0.4) is 0 Å². The first-order chi connectivity index (χ1) is 10.6. The Morgan fingerprint density at radius 2 is 2.09 bits per heavy atom. The number of carbonyl (C=O) groups excluding carboxylic acids is 1. The minimum absolute atomic E-state index is 0.0363. The minimum atomic E-state index is 0.0363. The molecule has 1 aliphatic rings. The number of fused-ring (bicyclic) bond motifs is 1. The number of hydrogen-bond donors (Lipinski definition) is 1. The molecule has 1 N–H and O–H groups in total. The third-order valence-electron chi connectivity index (χ3n) is 4.20. The molecule has 1 amide bonds. The highest BCUT2D eigenvalue weighted by Crippen LogP contribution is 2.21. The lowest BCUT2D eigenvalue weighted by Crippen LogP contribution is -2.49. The van der Waals surface area contributed by atoms with E-state index in [1.54, 1.807) is 0 Å². The first-order valence-electron chi connectivity index (χ1n) is 8.04. The minimum Gasteiger partial charge on any atom is -0.355 e. The van der Waals surface area contributed by atoms with Gasteiger partial charge >= 0.3 is 0 Å². The Bertz CT molecular complexity index is 668. The van der Waals surface area contributed by atoms with E-state index in [0.717, 1.165) is 42.7 Å². The van der Waals surface area contributed by atoms with Crippen LogP contribution in [0.2, 0.25) is 0 Å². The number of rotatable bonds is 3.